The lowest BCUT2D eigenvalue weighted by Gasteiger charge is -2.25. The predicted molar refractivity (Wildman–Crippen MR) is 62.1 cm³/mol. The molecule has 4 nitrogen and oxygen atoms in total. The maximum absolute atomic E-state index is 8.55. The highest BCUT2D eigenvalue weighted by molar-refractivity contribution is 6.69. The molecular formula is C10H19N3OSi. The summed E-state index contributed by atoms with van der Waals surface area (Å²) in [4.78, 5) is 2.95. The van der Waals surface area contributed by atoms with Gasteiger partial charge in [0.05, 0.1) is 12.1 Å². The van der Waals surface area contributed by atoms with Gasteiger partial charge in [0.2, 0.25) is 0 Å². The molecule has 84 valence electrons. The first-order chi connectivity index (χ1) is 6.94. The van der Waals surface area contributed by atoms with Crippen molar-refractivity contribution in [1.29, 1.82) is 0 Å². The highest BCUT2D eigenvalue weighted by Crippen LogP contribution is 2.59. The van der Waals surface area contributed by atoms with Crippen molar-refractivity contribution in [3.63, 3.8) is 0 Å². The van der Waals surface area contributed by atoms with E-state index in [9.17, 15) is 0 Å². The zero-order valence-electron chi connectivity index (χ0n) is 9.73. The van der Waals surface area contributed by atoms with Gasteiger partial charge in [0, 0.05) is 4.91 Å². The van der Waals surface area contributed by atoms with Crippen LogP contribution in [0.5, 0.6) is 0 Å². The Morgan fingerprint density at radius 1 is 1.33 bits per heavy atom. The van der Waals surface area contributed by atoms with E-state index in [-0.39, 0.29) is 12.1 Å². The monoisotopic (exact) mass is 225 g/mol. The summed E-state index contributed by atoms with van der Waals surface area (Å²) in [6.45, 7) is 6.58. The second-order valence-corrected chi connectivity index (χ2v) is 10.4. The molecule has 0 heterocycles. The van der Waals surface area contributed by atoms with E-state index < -0.39 is 8.32 Å². The summed E-state index contributed by atoms with van der Waals surface area (Å²) in [6, 6.07) is 0.0872. The molecule has 2 aliphatic rings. The Kier molecular flexibility index (Phi) is 2.57. The molecule has 0 N–H and O–H groups in total. The maximum atomic E-state index is 8.55. The van der Waals surface area contributed by atoms with Crippen molar-refractivity contribution < 1.29 is 4.43 Å². The molecular weight excluding hydrogens is 206 g/mol. The molecule has 2 fully saturated rings. The lowest BCUT2D eigenvalue weighted by atomic mass is 10.1. The predicted octanol–water partition coefficient (Wildman–Crippen LogP) is 3.46. The van der Waals surface area contributed by atoms with E-state index in [1.807, 2.05) is 0 Å². The molecule has 2 saturated carbocycles. The standard InChI is InChI=1S/C10H19N3OSi/c1-15(2,3)14-9-7-10(4-5-10)6-8(9)12-13-11/h8-9H,4-7H2,1-3H3/t8-,9-/m0/s1. The third kappa shape index (κ3) is 2.54. The Bertz CT molecular complexity index is 302. The van der Waals surface area contributed by atoms with Gasteiger partial charge < -0.3 is 4.43 Å². The van der Waals surface area contributed by atoms with Crippen LogP contribution in [0, 0.1) is 5.41 Å². The minimum Gasteiger partial charge on any atom is -0.414 e. The van der Waals surface area contributed by atoms with Crippen LogP contribution in [0.1, 0.15) is 25.7 Å². The van der Waals surface area contributed by atoms with Crippen LogP contribution < -0.4 is 0 Å². The molecule has 0 radical (unpaired) electrons. The number of nitrogens with zero attached hydrogens (tertiary/aromatic N) is 3. The van der Waals surface area contributed by atoms with Gasteiger partial charge in [-0.2, -0.15) is 0 Å². The number of hydrogen-bond donors (Lipinski definition) is 0. The van der Waals surface area contributed by atoms with Crippen LogP contribution in [0.25, 0.3) is 10.4 Å². The van der Waals surface area contributed by atoms with Crippen LogP contribution in [0.4, 0.5) is 0 Å². The van der Waals surface area contributed by atoms with E-state index in [4.69, 9.17) is 9.96 Å². The summed E-state index contributed by atoms with van der Waals surface area (Å²) in [5, 5.41) is 3.90. The van der Waals surface area contributed by atoms with Crippen LogP contribution in [-0.2, 0) is 4.43 Å². The third-order valence-electron chi connectivity index (χ3n) is 3.37. The van der Waals surface area contributed by atoms with Crippen molar-refractivity contribution in [1.82, 2.24) is 0 Å². The Labute approximate surface area is 91.8 Å². The van der Waals surface area contributed by atoms with Crippen LogP contribution >= 0.6 is 0 Å². The quantitative estimate of drug-likeness (QED) is 0.314. The fourth-order valence-corrected chi connectivity index (χ4v) is 3.71. The second kappa shape index (κ2) is 3.51. The summed E-state index contributed by atoms with van der Waals surface area (Å²) in [5.41, 5.74) is 9.04. The molecule has 2 aliphatic carbocycles. The van der Waals surface area contributed by atoms with Gasteiger partial charge in [-0.25, -0.2) is 0 Å². The molecule has 0 aromatic rings. The molecule has 0 amide bonds. The van der Waals surface area contributed by atoms with Crippen LogP contribution in [0.2, 0.25) is 19.6 Å². The Hall–Kier alpha value is -0.513. The fourth-order valence-electron chi connectivity index (χ4n) is 2.56. The maximum Gasteiger partial charge on any atom is 0.184 e. The number of hydrogen-bond acceptors (Lipinski definition) is 2. The minimum absolute atomic E-state index is 0.0872. The molecule has 0 bridgehead atoms. The lowest BCUT2D eigenvalue weighted by molar-refractivity contribution is 0.179. The second-order valence-electron chi connectivity index (χ2n) is 5.95. The SMILES string of the molecule is C[Si](C)(C)O[C@H]1CC2(CC2)C[C@@H]1N=[N+]=[N-]. The first-order valence-electron chi connectivity index (χ1n) is 5.66. The van der Waals surface area contributed by atoms with Crippen molar-refractivity contribution in [2.75, 3.05) is 0 Å². The molecule has 2 atom stereocenters. The van der Waals surface area contributed by atoms with Crippen molar-refractivity contribution >= 4 is 8.32 Å². The first-order valence-corrected chi connectivity index (χ1v) is 9.07. The lowest BCUT2D eigenvalue weighted by Crippen LogP contribution is -2.35. The third-order valence-corrected chi connectivity index (χ3v) is 4.38. The van der Waals surface area contributed by atoms with Gasteiger partial charge in [0.1, 0.15) is 0 Å². The largest absolute Gasteiger partial charge is 0.414 e. The zero-order chi connectivity index (χ0) is 11.1. The van der Waals surface area contributed by atoms with Crippen LogP contribution in [0.15, 0.2) is 5.11 Å². The zero-order valence-corrected chi connectivity index (χ0v) is 10.7. The van der Waals surface area contributed by atoms with E-state index in [2.05, 4.69) is 29.7 Å². The van der Waals surface area contributed by atoms with Gasteiger partial charge in [-0.15, -0.1) is 0 Å². The Balaban J connectivity index is 2.05. The van der Waals surface area contributed by atoms with Crippen molar-refractivity contribution in [3.8, 4) is 0 Å². The molecule has 1 spiro atoms. The van der Waals surface area contributed by atoms with Crippen molar-refractivity contribution in [3.05, 3.63) is 10.4 Å². The van der Waals surface area contributed by atoms with E-state index in [1.54, 1.807) is 0 Å². The van der Waals surface area contributed by atoms with Gasteiger partial charge in [-0.1, -0.05) is 5.11 Å². The summed E-state index contributed by atoms with van der Waals surface area (Å²) >= 11 is 0. The molecule has 0 aromatic carbocycles. The van der Waals surface area contributed by atoms with E-state index in [1.165, 1.54) is 12.8 Å². The fraction of sp³-hybridized carbons (Fsp3) is 1.00. The average molecular weight is 225 g/mol. The minimum atomic E-state index is -1.51. The normalized spacial score (nSPS) is 32.7. The van der Waals surface area contributed by atoms with Crippen molar-refractivity contribution in [2.24, 2.45) is 10.5 Å². The summed E-state index contributed by atoms with van der Waals surface area (Å²) in [7, 11) is -1.51. The molecule has 0 unspecified atom stereocenters. The van der Waals surface area contributed by atoms with Gasteiger partial charge >= 0.3 is 0 Å². The summed E-state index contributed by atoms with van der Waals surface area (Å²) in [5.74, 6) is 0. The van der Waals surface area contributed by atoms with E-state index in [0.29, 0.717) is 5.41 Å². The molecule has 2 rings (SSSR count). The molecule has 0 saturated heterocycles. The summed E-state index contributed by atoms with van der Waals surface area (Å²) < 4.78 is 6.11. The molecule has 15 heavy (non-hydrogen) atoms. The molecule has 5 heteroatoms. The first kappa shape index (κ1) is 11.0. The highest BCUT2D eigenvalue weighted by atomic mass is 28.4. The average Bonchev–Trinajstić information content (AvgIpc) is 2.72. The van der Waals surface area contributed by atoms with Crippen LogP contribution in [-0.4, -0.2) is 20.5 Å². The van der Waals surface area contributed by atoms with Crippen molar-refractivity contribution in [2.45, 2.75) is 57.5 Å². The van der Waals surface area contributed by atoms with Gasteiger partial charge in [-0.05, 0) is 56.3 Å². The smallest absolute Gasteiger partial charge is 0.184 e. The van der Waals surface area contributed by atoms with Gasteiger partial charge in [0.25, 0.3) is 0 Å². The Morgan fingerprint density at radius 2 is 2.00 bits per heavy atom. The van der Waals surface area contributed by atoms with Gasteiger partial charge in [-0.3, -0.25) is 0 Å². The topological polar surface area (TPSA) is 58.0 Å². The highest BCUT2D eigenvalue weighted by Gasteiger charge is 2.53. The molecule has 0 aromatic heterocycles. The number of azide groups is 1. The number of rotatable bonds is 3. The van der Waals surface area contributed by atoms with E-state index in [0.717, 1.165) is 12.8 Å². The van der Waals surface area contributed by atoms with Crippen LogP contribution in [0.3, 0.4) is 0 Å². The summed E-state index contributed by atoms with van der Waals surface area (Å²) in [6.07, 6.45) is 4.95. The Morgan fingerprint density at radius 3 is 2.47 bits per heavy atom. The molecule has 0 aliphatic heterocycles. The van der Waals surface area contributed by atoms with E-state index >= 15 is 0 Å². The van der Waals surface area contributed by atoms with Gasteiger partial charge in [0.15, 0.2) is 8.32 Å².